The third kappa shape index (κ3) is 5.08. The number of hydrogen-bond acceptors (Lipinski definition) is 9. The number of nitrogens with zero attached hydrogens (tertiary/aromatic N) is 1. The number of carbonyl (C=O) groups excluding carboxylic acids is 1. The maximum atomic E-state index is 13.4. The van der Waals surface area contributed by atoms with Gasteiger partial charge in [-0.25, -0.2) is 16.8 Å². The van der Waals surface area contributed by atoms with Crippen LogP contribution in [0.1, 0.15) is 16.9 Å². The Hall–Kier alpha value is -2.44. The van der Waals surface area contributed by atoms with Crippen LogP contribution in [0, 0.1) is 20.8 Å². The molecule has 0 bridgehead atoms. The van der Waals surface area contributed by atoms with E-state index in [0.717, 1.165) is 11.1 Å². The Morgan fingerprint density at radius 1 is 1.19 bits per heavy atom. The van der Waals surface area contributed by atoms with Gasteiger partial charge in [0.15, 0.2) is 25.5 Å². The van der Waals surface area contributed by atoms with Crippen LogP contribution in [0.3, 0.4) is 0 Å². The second-order valence-corrected chi connectivity index (χ2v) is 11.9. The summed E-state index contributed by atoms with van der Waals surface area (Å²) in [7, 11) is -6.33. The highest BCUT2D eigenvalue weighted by molar-refractivity contribution is 7.96. The van der Waals surface area contributed by atoms with Crippen molar-refractivity contribution in [3.63, 3.8) is 0 Å². The van der Waals surface area contributed by atoms with E-state index in [1.54, 1.807) is 19.9 Å². The molecular weight excluding hydrogens is 446 g/mol. The van der Waals surface area contributed by atoms with Gasteiger partial charge in [0.25, 0.3) is 0 Å². The molecule has 1 aromatic heterocycles. The van der Waals surface area contributed by atoms with Crippen molar-refractivity contribution in [1.29, 1.82) is 0 Å². The summed E-state index contributed by atoms with van der Waals surface area (Å²) in [5, 5.41) is 7.68. The van der Waals surface area contributed by atoms with Crippen molar-refractivity contribution in [2.45, 2.75) is 37.0 Å². The minimum absolute atomic E-state index is 0.0606. The van der Waals surface area contributed by atoms with Crippen molar-refractivity contribution in [2.75, 3.05) is 30.5 Å². The number of ether oxygens (including phenoxy) is 1. The van der Waals surface area contributed by atoms with Crippen LogP contribution in [0.5, 0.6) is 5.75 Å². The minimum Gasteiger partial charge on any atom is -0.495 e. The van der Waals surface area contributed by atoms with E-state index in [9.17, 15) is 21.6 Å². The number of hydrogen-bond donors (Lipinski definition) is 2. The minimum atomic E-state index is -4.07. The van der Waals surface area contributed by atoms with Gasteiger partial charge in [0, 0.05) is 12.1 Å². The quantitative estimate of drug-likeness (QED) is 0.598. The smallest absolute Gasteiger partial charge is 0.239 e. The van der Waals surface area contributed by atoms with Gasteiger partial charge in [0.05, 0.1) is 30.4 Å². The molecule has 31 heavy (non-hydrogen) atoms. The molecule has 2 heterocycles. The largest absolute Gasteiger partial charge is 0.495 e. The number of aromatic nitrogens is 1. The lowest BCUT2D eigenvalue weighted by Crippen LogP contribution is -2.46. The van der Waals surface area contributed by atoms with Crippen LogP contribution < -0.4 is 15.4 Å². The Kier molecular flexibility index (Phi) is 6.44. The lowest BCUT2D eigenvalue weighted by Gasteiger charge is -2.21. The van der Waals surface area contributed by atoms with Crippen molar-refractivity contribution in [1.82, 2.24) is 10.5 Å². The highest BCUT2D eigenvalue weighted by Crippen LogP contribution is 2.33. The lowest BCUT2D eigenvalue weighted by molar-refractivity contribution is -0.115. The van der Waals surface area contributed by atoms with E-state index >= 15 is 0 Å². The van der Waals surface area contributed by atoms with Crippen molar-refractivity contribution in [2.24, 2.45) is 0 Å². The second-order valence-electron chi connectivity index (χ2n) is 7.61. The van der Waals surface area contributed by atoms with E-state index in [4.69, 9.17) is 9.26 Å². The van der Waals surface area contributed by atoms with Gasteiger partial charge >= 0.3 is 0 Å². The normalized spacial score (nSPS) is 20.5. The van der Waals surface area contributed by atoms with Crippen molar-refractivity contribution in [3.8, 4) is 5.75 Å². The highest BCUT2D eigenvalue weighted by Gasteiger charge is 2.46. The van der Waals surface area contributed by atoms with Gasteiger partial charge in [0.1, 0.15) is 16.4 Å². The number of sulfone groups is 2. The molecule has 12 heteroatoms. The van der Waals surface area contributed by atoms with Gasteiger partial charge in [-0.15, -0.1) is 0 Å². The van der Waals surface area contributed by atoms with E-state index in [2.05, 4.69) is 15.8 Å². The molecule has 1 fully saturated rings. The van der Waals surface area contributed by atoms with Gasteiger partial charge < -0.3 is 19.9 Å². The first kappa shape index (κ1) is 23.2. The van der Waals surface area contributed by atoms with E-state index in [1.807, 2.05) is 6.92 Å². The van der Waals surface area contributed by atoms with Crippen LogP contribution in [0.15, 0.2) is 27.6 Å². The molecule has 2 N–H and O–H groups in total. The molecule has 10 nitrogen and oxygen atoms in total. The number of nitrogens with one attached hydrogen (secondary N) is 2. The number of amides is 1. The summed E-state index contributed by atoms with van der Waals surface area (Å²) in [6.45, 7) is 4.97. The van der Waals surface area contributed by atoms with Gasteiger partial charge in [-0.2, -0.15) is 0 Å². The molecular formula is C19H25N3O7S2. The summed E-state index contributed by atoms with van der Waals surface area (Å²) in [5.74, 6) is -0.540. The van der Waals surface area contributed by atoms with E-state index in [-0.39, 0.29) is 28.8 Å². The Balaban J connectivity index is 1.83. The van der Waals surface area contributed by atoms with Crippen molar-refractivity contribution < 1.29 is 30.9 Å². The molecule has 0 spiro atoms. The van der Waals surface area contributed by atoms with Crippen molar-refractivity contribution in [3.05, 3.63) is 35.1 Å². The first-order valence-electron chi connectivity index (χ1n) is 9.49. The molecule has 1 aliphatic heterocycles. The summed E-state index contributed by atoms with van der Waals surface area (Å²) in [6, 6.07) is 3.68. The summed E-state index contributed by atoms with van der Waals surface area (Å²) in [5.41, 5.74) is 1.59. The lowest BCUT2D eigenvalue weighted by atomic mass is 10.1. The Bertz CT molecular complexity index is 1200. The molecule has 170 valence electrons. The van der Waals surface area contributed by atoms with Gasteiger partial charge in [0.2, 0.25) is 5.91 Å². The van der Waals surface area contributed by atoms with Crippen LogP contribution in [0.4, 0.5) is 5.82 Å². The SMILES string of the molecule is COc1cc(C)c(C)cc1S(=O)(=O)[C@H]1CS(=O)(=O)C[C@@H]1NCC(=O)Nc1cc(C)on1. The summed E-state index contributed by atoms with van der Waals surface area (Å²) in [6.07, 6.45) is 0. The molecule has 0 aliphatic carbocycles. The van der Waals surface area contributed by atoms with E-state index in [0.29, 0.717) is 5.76 Å². The maximum absolute atomic E-state index is 13.4. The topological polar surface area (TPSA) is 145 Å². The third-order valence-corrected chi connectivity index (χ3v) is 9.38. The molecule has 3 rings (SSSR count). The Labute approximate surface area is 181 Å². The molecule has 0 radical (unpaired) electrons. The summed E-state index contributed by atoms with van der Waals surface area (Å²) >= 11 is 0. The van der Waals surface area contributed by atoms with Crippen LogP contribution in [-0.4, -0.2) is 64.4 Å². The molecule has 1 saturated heterocycles. The third-order valence-electron chi connectivity index (χ3n) is 5.21. The zero-order valence-corrected chi connectivity index (χ0v) is 19.3. The number of rotatable bonds is 7. The van der Waals surface area contributed by atoms with Crippen LogP contribution in [0.2, 0.25) is 0 Å². The fourth-order valence-corrected chi connectivity index (χ4v) is 8.40. The van der Waals surface area contributed by atoms with Crippen LogP contribution in [0.25, 0.3) is 0 Å². The predicted octanol–water partition coefficient (Wildman–Crippen LogP) is 0.776. The summed E-state index contributed by atoms with van der Waals surface area (Å²) < 4.78 is 61.5. The molecule has 0 saturated carbocycles. The molecule has 0 unspecified atom stereocenters. The fourth-order valence-electron chi connectivity index (χ4n) is 3.46. The second kappa shape index (κ2) is 8.60. The predicted molar refractivity (Wildman–Crippen MR) is 114 cm³/mol. The van der Waals surface area contributed by atoms with E-state index < -0.39 is 42.6 Å². The molecule has 1 amide bonds. The number of aryl methyl sites for hydroxylation is 3. The first-order chi connectivity index (χ1) is 14.4. The van der Waals surface area contributed by atoms with Gasteiger partial charge in [-0.1, -0.05) is 5.16 Å². The average Bonchev–Trinajstić information content (AvgIpc) is 3.23. The van der Waals surface area contributed by atoms with Gasteiger partial charge in [-0.05, 0) is 44.0 Å². The van der Waals surface area contributed by atoms with Crippen molar-refractivity contribution >= 4 is 31.4 Å². The van der Waals surface area contributed by atoms with Gasteiger partial charge in [-0.3, -0.25) is 4.79 Å². The average molecular weight is 472 g/mol. The monoisotopic (exact) mass is 471 g/mol. The number of methoxy groups -OCH3 is 1. The zero-order valence-electron chi connectivity index (χ0n) is 17.6. The zero-order chi connectivity index (χ0) is 23.0. The summed E-state index contributed by atoms with van der Waals surface area (Å²) in [4.78, 5) is 12.1. The molecule has 1 aromatic carbocycles. The Morgan fingerprint density at radius 3 is 2.48 bits per heavy atom. The number of anilines is 1. The Morgan fingerprint density at radius 2 is 1.87 bits per heavy atom. The molecule has 1 aliphatic rings. The maximum Gasteiger partial charge on any atom is 0.239 e. The highest BCUT2D eigenvalue weighted by atomic mass is 32.2. The molecule has 2 atom stereocenters. The number of carbonyl (C=O) groups is 1. The fraction of sp³-hybridized carbons (Fsp3) is 0.474. The standard InChI is InChI=1S/C19H25N3O7S2/c1-11-5-15(28-4)16(6-12(11)2)31(26,27)17-10-30(24,25)9-14(17)20-8-19(23)21-18-7-13(3)29-22-18/h5-7,14,17,20H,8-10H2,1-4H3,(H,21,22,23)/t14-,17-/m0/s1. The number of benzene rings is 1. The van der Waals surface area contributed by atoms with E-state index in [1.165, 1.54) is 19.2 Å². The molecule has 2 aromatic rings. The van der Waals surface area contributed by atoms with Crippen LogP contribution >= 0.6 is 0 Å². The van der Waals surface area contributed by atoms with Crippen LogP contribution in [-0.2, 0) is 24.5 Å². The first-order valence-corrected chi connectivity index (χ1v) is 12.9.